The number of thioether (sulfide) groups is 1. The highest BCUT2D eigenvalue weighted by Gasteiger charge is 2.22. The summed E-state index contributed by atoms with van der Waals surface area (Å²) in [6.07, 6.45) is 0. The van der Waals surface area contributed by atoms with Crippen molar-refractivity contribution >= 4 is 34.6 Å². The second-order valence-corrected chi connectivity index (χ2v) is 7.79. The summed E-state index contributed by atoms with van der Waals surface area (Å²) in [5.74, 6) is 0.600. The van der Waals surface area contributed by atoms with Crippen LogP contribution >= 0.6 is 23.1 Å². The number of benzene rings is 2. The van der Waals surface area contributed by atoms with Gasteiger partial charge in [-0.2, -0.15) is 5.26 Å². The number of hydrogen-bond donors (Lipinski definition) is 1. The second kappa shape index (κ2) is 7.56. The van der Waals surface area contributed by atoms with E-state index in [9.17, 15) is 10.1 Å². The minimum atomic E-state index is -0.137. The van der Waals surface area contributed by atoms with Crippen molar-refractivity contribution < 1.29 is 4.79 Å². The van der Waals surface area contributed by atoms with Crippen LogP contribution in [0.3, 0.4) is 0 Å². The summed E-state index contributed by atoms with van der Waals surface area (Å²) in [4.78, 5) is 13.1. The van der Waals surface area contributed by atoms with E-state index in [4.69, 9.17) is 5.73 Å². The van der Waals surface area contributed by atoms with E-state index in [1.165, 1.54) is 22.5 Å². The zero-order chi connectivity index (χ0) is 17.8. The van der Waals surface area contributed by atoms with Gasteiger partial charge in [-0.3, -0.25) is 4.79 Å². The lowest BCUT2D eigenvalue weighted by Gasteiger charge is -2.04. The highest BCUT2D eigenvalue weighted by atomic mass is 32.2. The number of nitriles is 1. The third-order valence-electron chi connectivity index (χ3n) is 3.89. The maximum atomic E-state index is 12.7. The molecule has 0 spiro atoms. The summed E-state index contributed by atoms with van der Waals surface area (Å²) in [5, 5.41) is 9.47. The molecule has 124 valence electrons. The van der Waals surface area contributed by atoms with Gasteiger partial charge in [-0.1, -0.05) is 54.6 Å². The average Bonchev–Trinajstić information content (AvgIpc) is 2.96. The molecule has 0 bridgehead atoms. The van der Waals surface area contributed by atoms with E-state index in [0.717, 1.165) is 9.96 Å². The maximum absolute atomic E-state index is 12.7. The number of nitrogens with zero attached hydrogens (tertiary/aromatic N) is 1. The minimum Gasteiger partial charge on any atom is -0.396 e. The van der Waals surface area contributed by atoms with Gasteiger partial charge >= 0.3 is 0 Å². The van der Waals surface area contributed by atoms with Crippen molar-refractivity contribution in [3.8, 4) is 6.07 Å². The van der Waals surface area contributed by atoms with E-state index in [2.05, 4.69) is 25.1 Å². The monoisotopic (exact) mass is 364 g/mol. The Kier molecular flexibility index (Phi) is 5.22. The molecule has 5 heteroatoms. The Morgan fingerprint density at radius 2 is 1.84 bits per heavy atom. The number of carbonyl (C=O) groups is 1. The quantitative estimate of drug-likeness (QED) is 0.509. The number of rotatable bonds is 5. The molecule has 25 heavy (non-hydrogen) atoms. The van der Waals surface area contributed by atoms with Crippen molar-refractivity contribution in [2.45, 2.75) is 16.9 Å². The largest absolute Gasteiger partial charge is 0.396 e. The Labute approximate surface area is 155 Å². The first-order valence-electron chi connectivity index (χ1n) is 7.71. The molecule has 0 amide bonds. The Balaban J connectivity index is 1.90. The third-order valence-corrected chi connectivity index (χ3v) is 6.41. The van der Waals surface area contributed by atoms with Gasteiger partial charge in [-0.05, 0) is 18.1 Å². The van der Waals surface area contributed by atoms with Crippen LogP contribution in [-0.4, -0.2) is 5.78 Å². The van der Waals surface area contributed by atoms with Gasteiger partial charge in [0.15, 0.2) is 0 Å². The fourth-order valence-corrected chi connectivity index (χ4v) is 4.87. The molecule has 0 fully saturated rings. The van der Waals surface area contributed by atoms with Crippen LogP contribution in [0, 0.1) is 18.3 Å². The standard InChI is InChI=1S/C20H16N2OS2/c1-13-7-5-6-10-15(13)12-24-20-16(11-21)17(22)19(25-20)18(23)14-8-3-2-4-9-14/h2-10H,12,22H2,1H3. The van der Waals surface area contributed by atoms with E-state index in [1.807, 2.05) is 30.3 Å². The highest BCUT2D eigenvalue weighted by molar-refractivity contribution is 8.00. The number of aryl methyl sites for hydroxylation is 1. The van der Waals surface area contributed by atoms with Crippen molar-refractivity contribution in [3.63, 3.8) is 0 Å². The lowest BCUT2D eigenvalue weighted by atomic mass is 10.1. The van der Waals surface area contributed by atoms with Gasteiger partial charge in [-0.15, -0.1) is 23.1 Å². The number of anilines is 1. The maximum Gasteiger partial charge on any atom is 0.205 e. The Bertz CT molecular complexity index is 956. The molecule has 0 saturated heterocycles. The first-order chi connectivity index (χ1) is 12.1. The first kappa shape index (κ1) is 17.3. The minimum absolute atomic E-state index is 0.137. The van der Waals surface area contributed by atoms with Crippen LogP contribution < -0.4 is 5.73 Å². The molecule has 0 aliphatic rings. The van der Waals surface area contributed by atoms with Gasteiger partial charge in [0.1, 0.15) is 16.5 Å². The molecule has 0 saturated carbocycles. The summed E-state index contributed by atoms with van der Waals surface area (Å²) >= 11 is 2.85. The van der Waals surface area contributed by atoms with Crippen LogP contribution in [0.2, 0.25) is 0 Å². The number of carbonyl (C=O) groups excluding carboxylic acids is 1. The van der Waals surface area contributed by atoms with Gasteiger partial charge in [-0.25, -0.2) is 0 Å². The van der Waals surface area contributed by atoms with Crippen molar-refractivity contribution in [1.29, 1.82) is 5.26 Å². The zero-order valence-corrected chi connectivity index (χ0v) is 15.3. The van der Waals surface area contributed by atoms with Crippen LogP contribution in [0.5, 0.6) is 0 Å². The van der Waals surface area contributed by atoms with Gasteiger partial charge in [0.25, 0.3) is 0 Å². The molecule has 0 radical (unpaired) electrons. The van der Waals surface area contributed by atoms with Crippen LogP contribution in [0.15, 0.2) is 58.8 Å². The van der Waals surface area contributed by atoms with Gasteiger partial charge in [0.2, 0.25) is 5.78 Å². The average molecular weight is 364 g/mol. The molecule has 1 aromatic heterocycles. The summed E-state index contributed by atoms with van der Waals surface area (Å²) in [6.45, 7) is 2.06. The van der Waals surface area contributed by atoms with E-state index >= 15 is 0 Å². The summed E-state index contributed by atoms with van der Waals surface area (Å²) in [7, 11) is 0. The van der Waals surface area contributed by atoms with Gasteiger partial charge in [0, 0.05) is 11.3 Å². The fourth-order valence-electron chi connectivity index (χ4n) is 2.43. The molecule has 0 atom stereocenters. The van der Waals surface area contributed by atoms with Crippen LogP contribution in [0.25, 0.3) is 0 Å². The highest BCUT2D eigenvalue weighted by Crippen LogP contribution is 2.40. The second-order valence-electron chi connectivity index (χ2n) is 5.53. The Hall–Kier alpha value is -2.55. The number of hydrogen-bond acceptors (Lipinski definition) is 5. The summed E-state index contributed by atoms with van der Waals surface area (Å²) in [6, 6.07) is 19.3. The molecule has 2 aromatic carbocycles. The first-order valence-corrected chi connectivity index (χ1v) is 9.51. The molecule has 0 unspecified atom stereocenters. The molecular weight excluding hydrogens is 348 g/mol. The molecule has 3 rings (SSSR count). The molecule has 3 aromatic rings. The van der Waals surface area contributed by atoms with E-state index < -0.39 is 0 Å². The molecular formula is C20H16N2OS2. The summed E-state index contributed by atoms with van der Waals surface area (Å²) in [5.41, 5.74) is 9.79. The fraction of sp³-hybridized carbons (Fsp3) is 0.100. The van der Waals surface area contributed by atoms with Crippen molar-refractivity contribution in [2.24, 2.45) is 0 Å². The lowest BCUT2D eigenvalue weighted by molar-refractivity contribution is 0.104. The topological polar surface area (TPSA) is 66.9 Å². The lowest BCUT2D eigenvalue weighted by Crippen LogP contribution is -2.02. The smallest absolute Gasteiger partial charge is 0.205 e. The number of ketones is 1. The van der Waals surface area contributed by atoms with Crippen molar-refractivity contribution in [1.82, 2.24) is 0 Å². The number of nitrogens with two attached hydrogens (primary N) is 1. The van der Waals surface area contributed by atoms with E-state index in [1.54, 1.807) is 23.9 Å². The normalized spacial score (nSPS) is 10.4. The number of thiophene rings is 1. The molecule has 0 aliphatic heterocycles. The third kappa shape index (κ3) is 3.60. The zero-order valence-electron chi connectivity index (χ0n) is 13.7. The van der Waals surface area contributed by atoms with Crippen LogP contribution in [-0.2, 0) is 5.75 Å². The van der Waals surface area contributed by atoms with Crippen LogP contribution in [0.1, 0.15) is 31.9 Å². The SMILES string of the molecule is Cc1ccccc1CSc1sc(C(=O)c2ccccc2)c(N)c1C#N. The van der Waals surface area contributed by atoms with Crippen molar-refractivity contribution in [2.75, 3.05) is 5.73 Å². The predicted octanol–water partition coefficient (Wildman–Crippen LogP) is 5.03. The predicted molar refractivity (Wildman–Crippen MR) is 104 cm³/mol. The van der Waals surface area contributed by atoms with Crippen LogP contribution in [0.4, 0.5) is 5.69 Å². The van der Waals surface area contributed by atoms with E-state index in [-0.39, 0.29) is 11.5 Å². The van der Waals surface area contributed by atoms with E-state index in [0.29, 0.717) is 16.0 Å². The van der Waals surface area contributed by atoms with Gasteiger partial charge < -0.3 is 5.73 Å². The van der Waals surface area contributed by atoms with Crippen molar-refractivity contribution in [3.05, 3.63) is 81.7 Å². The molecule has 1 heterocycles. The summed E-state index contributed by atoms with van der Waals surface area (Å²) < 4.78 is 0.794. The Morgan fingerprint density at radius 3 is 2.52 bits per heavy atom. The molecule has 0 aliphatic carbocycles. The Morgan fingerprint density at radius 1 is 1.16 bits per heavy atom. The van der Waals surface area contributed by atoms with Gasteiger partial charge in [0.05, 0.1) is 9.90 Å². The molecule has 3 nitrogen and oxygen atoms in total. The molecule has 2 N–H and O–H groups in total. The number of nitrogen functional groups attached to an aromatic ring is 1.